The number of aliphatic hydroxyl groups excluding tert-OH is 1. The summed E-state index contributed by atoms with van der Waals surface area (Å²) in [5.74, 6) is -3.99. The van der Waals surface area contributed by atoms with Crippen LogP contribution in [0.4, 0.5) is 14.5 Å². The van der Waals surface area contributed by atoms with Crippen LogP contribution in [0.25, 0.3) is 0 Å². The van der Waals surface area contributed by atoms with Crippen LogP contribution in [0.15, 0.2) is 23.9 Å². The second-order valence-corrected chi connectivity index (χ2v) is 4.37. The van der Waals surface area contributed by atoms with Gasteiger partial charge in [-0.25, -0.2) is 4.39 Å². The van der Waals surface area contributed by atoms with Gasteiger partial charge in [-0.15, -0.1) is 0 Å². The van der Waals surface area contributed by atoms with E-state index in [1.807, 2.05) is 0 Å². The number of hydrogen-bond donors (Lipinski definition) is 2. The van der Waals surface area contributed by atoms with Gasteiger partial charge in [0.05, 0.1) is 25.4 Å². The summed E-state index contributed by atoms with van der Waals surface area (Å²) < 4.78 is 32.6. The van der Waals surface area contributed by atoms with E-state index in [0.29, 0.717) is 0 Å². The molecule has 1 aromatic rings. The minimum absolute atomic E-state index is 0.167. The van der Waals surface area contributed by atoms with E-state index < -0.39 is 23.4 Å². The summed E-state index contributed by atoms with van der Waals surface area (Å²) in [6.45, 7) is 1.26. The van der Waals surface area contributed by atoms with Crippen molar-refractivity contribution < 1.29 is 28.2 Å². The fourth-order valence-electron chi connectivity index (χ4n) is 1.95. The van der Waals surface area contributed by atoms with Crippen LogP contribution in [0.5, 0.6) is 5.75 Å². The molecule has 0 unspecified atom stereocenters. The highest BCUT2D eigenvalue weighted by Crippen LogP contribution is 2.27. The molecule has 1 heterocycles. The van der Waals surface area contributed by atoms with E-state index in [2.05, 4.69) is 5.32 Å². The first-order valence-electron chi connectivity index (χ1n) is 6.55. The van der Waals surface area contributed by atoms with Gasteiger partial charge in [0.2, 0.25) is 5.82 Å². The second-order valence-electron chi connectivity index (χ2n) is 4.37. The molecular weight excluding hydrogens is 298 g/mol. The highest BCUT2D eigenvalue weighted by atomic mass is 19.2. The van der Waals surface area contributed by atoms with Crippen LogP contribution in [-0.4, -0.2) is 41.6 Å². The molecular formula is C14H14F2N2O4. The number of imide groups is 1. The van der Waals surface area contributed by atoms with Crippen molar-refractivity contribution in [1.29, 1.82) is 0 Å². The normalized spacial score (nSPS) is 14.4. The van der Waals surface area contributed by atoms with Crippen LogP contribution in [0.3, 0.4) is 0 Å². The maximum absolute atomic E-state index is 13.9. The molecule has 1 aromatic carbocycles. The maximum Gasteiger partial charge on any atom is 0.277 e. The Balaban J connectivity index is 2.22. The molecule has 1 aliphatic rings. The number of rotatable bonds is 6. The number of aliphatic hydroxyl groups is 1. The molecule has 0 aliphatic carbocycles. The quantitative estimate of drug-likeness (QED) is 0.767. The van der Waals surface area contributed by atoms with Crippen molar-refractivity contribution in [3.8, 4) is 5.75 Å². The number of ether oxygens (including phenoxy) is 1. The molecule has 2 amide bonds. The average Bonchev–Trinajstić information content (AvgIpc) is 2.75. The predicted molar refractivity (Wildman–Crippen MR) is 73.0 cm³/mol. The van der Waals surface area contributed by atoms with E-state index in [1.54, 1.807) is 6.92 Å². The van der Waals surface area contributed by atoms with Gasteiger partial charge in [0.15, 0.2) is 11.6 Å². The zero-order valence-corrected chi connectivity index (χ0v) is 11.7. The summed E-state index contributed by atoms with van der Waals surface area (Å²) in [6.07, 6.45) is 0.964. The lowest BCUT2D eigenvalue weighted by Gasteiger charge is -2.14. The van der Waals surface area contributed by atoms with E-state index in [1.165, 1.54) is 12.1 Å². The average molecular weight is 312 g/mol. The van der Waals surface area contributed by atoms with Crippen molar-refractivity contribution in [3.05, 3.63) is 35.5 Å². The number of nitrogens with zero attached hydrogens (tertiary/aromatic N) is 1. The first-order chi connectivity index (χ1) is 10.5. The van der Waals surface area contributed by atoms with Crippen molar-refractivity contribution >= 4 is 17.5 Å². The standard InChI is InChI=1S/C14H14F2N2O4/c1-2-22-10-4-3-8(12(15)13(10)16)17-9-7-11(20)18(5-6-19)14(9)21/h3-4,7,17,19H,2,5-6H2,1H3. The molecule has 0 saturated heterocycles. The second kappa shape index (κ2) is 6.52. The van der Waals surface area contributed by atoms with Crippen molar-refractivity contribution in [1.82, 2.24) is 4.90 Å². The van der Waals surface area contributed by atoms with Crippen LogP contribution >= 0.6 is 0 Å². The number of benzene rings is 1. The number of anilines is 1. The number of β-amino-alcohol motifs (C(OH)–C–C–N with tert-alkyl or cyclic N) is 1. The molecule has 2 rings (SSSR count). The highest BCUT2D eigenvalue weighted by Gasteiger charge is 2.31. The molecule has 0 fully saturated rings. The van der Waals surface area contributed by atoms with Crippen LogP contribution < -0.4 is 10.1 Å². The van der Waals surface area contributed by atoms with Gasteiger partial charge in [-0.2, -0.15) is 4.39 Å². The molecule has 0 aromatic heterocycles. The molecule has 0 saturated carbocycles. The number of halogens is 2. The van der Waals surface area contributed by atoms with Gasteiger partial charge in [-0.05, 0) is 19.1 Å². The molecule has 6 nitrogen and oxygen atoms in total. The van der Waals surface area contributed by atoms with Gasteiger partial charge in [0.25, 0.3) is 11.8 Å². The van der Waals surface area contributed by atoms with E-state index in [0.717, 1.165) is 11.0 Å². The van der Waals surface area contributed by atoms with E-state index in [9.17, 15) is 18.4 Å². The fraction of sp³-hybridized carbons (Fsp3) is 0.286. The van der Waals surface area contributed by atoms with Crippen LogP contribution in [0.1, 0.15) is 6.92 Å². The van der Waals surface area contributed by atoms with Crippen molar-refractivity contribution in [3.63, 3.8) is 0 Å². The largest absolute Gasteiger partial charge is 0.491 e. The molecule has 1 aliphatic heterocycles. The zero-order chi connectivity index (χ0) is 16.3. The first kappa shape index (κ1) is 15.9. The fourth-order valence-corrected chi connectivity index (χ4v) is 1.95. The number of hydrogen-bond acceptors (Lipinski definition) is 5. The summed E-state index contributed by atoms with van der Waals surface area (Å²) in [7, 11) is 0. The zero-order valence-electron chi connectivity index (χ0n) is 11.7. The number of carbonyl (C=O) groups excluding carboxylic acids is 2. The third kappa shape index (κ3) is 2.91. The molecule has 2 N–H and O–H groups in total. The lowest BCUT2D eigenvalue weighted by Crippen LogP contribution is -2.34. The Kier molecular flexibility index (Phi) is 4.71. The van der Waals surface area contributed by atoms with Crippen molar-refractivity contribution in [2.45, 2.75) is 6.92 Å². The third-order valence-electron chi connectivity index (χ3n) is 2.95. The molecule has 118 valence electrons. The Morgan fingerprint density at radius 1 is 1.27 bits per heavy atom. The first-order valence-corrected chi connectivity index (χ1v) is 6.55. The highest BCUT2D eigenvalue weighted by molar-refractivity contribution is 6.17. The van der Waals surface area contributed by atoms with E-state index in [4.69, 9.17) is 9.84 Å². The smallest absolute Gasteiger partial charge is 0.277 e. The van der Waals surface area contributed by atoms with Gasteiger partial charge in [-0.1, -0.05) is 0 Å². The van der Waals surface area contributed by atoms with Crippen molar-refractivity contribution in [2.75, 3.05) is 25.1 Å². The lowest BCUT2D eigenvalue weighted by atomic mass is 10.2. The van der Waals surface area contributed by atoms with E-state index >= 15 is 0 Å². The topological polar surface area (TPSA) is 78.9 Å². The SMILES string of the molecule is CCOc1ccc(NC2=CC(=O)N(CCO)C2=O)c(F)c1F. The number of carbonyl (C=O) groups is 2. The van der Waals surface area contributed by atoms with Gasteiger partial charge in [-0.3, -0.25) is 14.5 Å². The Labute approximate surface area is 125 Å². The van der Waals surface area contributed by atoms with Gasteiger partial charge in [0.1, 0.15) is 5.70 Å². The summed E-state index contributed by atoms with van der Waals surface area (Å²) in [6, 6.07) is 2.42. The lowest BCUT2D eigenvalue weighted by molar-refractivity contribution is -0.137. The van der Waals surface area contributed by atoms with Crippen LogP contribution in [0, 0.1) is 11.6 Å². The predicted octanol–water partition coefficient (Wildman–Crippen LogP) is 1.02. The molecule has 0 bridgehead atoms. The molecule has 0 radical (unpaired) electrons. The number of nitrogens with one attached hydrogen (secondary N) is 1. The molecule has 22 heavy (non-hydrogen) atoms. The minimum atomic E-state index is -1.22. The Morgan fingerprint density at radius 3 is 2.64 bits per heavy atom. The van der Waals surface area contributed by atoms with Crippen molar-refractivity contribution in [2.24, 2.45) is 0 Å². The molecule has 0 spiro atoms. The molecule has 8 heteroatoms. The summed E-state index contributed by atoms with van der Waals surface area (Å²) in [5, 5.41) is 11.2. The summed E-state index contributed by atoms with van der Waals surface area (Å²) >= 11 is 0. The summed E-state index contributed by atoms with van der Waals surface area (Å²) in [4.78, 5) is 24.3. The number of amides is 2. The maximum atomic E-state index is 13.9. The minimum Gasteiger partial charge on any atom is -0.491 e. The Bertz CT molecular complexity index is 646. The van der Waals surface area contributed by atoms with Crippen LogP contribution in [-0.2, 0) is 9.59 Å². The molecule has 0 atom stereocenters. The van der Waals surface area contributed by atoms with Gasteiger partial charge < -0.3 is 15.2 Å². The third-order valence-corrected chi connectivity index (χ3v) is 2.95. The van der Waals surface area contributed by atoms with Crippen LogP contribution in [0.2, 0.25) is 0 Å². The Morgan fingerprint density at radius 2 is 2.00 bits per heavy atom. The van der Waals surface area contributed by atoms with E-state index in [-0.39, 0.29) is 36.9 Å². The summed E-state index contributed by atoms with van der Waals surface area (Å²) in [5.41, 5.74) is -0.486. The monoisotopic (exact) mass is 312 g/mol. The Hall–Kier alpha value is -2.48. The van der Waals surface area contributed by atoms with Gasteiger partial charge >= 0.3 is 0 Å². The van der Waals surface area contributed by atoms with Gasteiger partial charge in [0, 0.05) is 6.08 Å².